The molecule has 1 aromatic carbocycles. The van der Waals surface area contributed by atoms with Crippen molar-refractivity contribution >= 4 is 29.1 Å². The molecule has 0 amide bonds. The van der Waals surface area contributed by atoms with Crippen molar-refractivity contribution in [3.05, 3.63) is 35.0 Å². The number of rotatable bonds is 6. The van der Waals surface area contributed by atoms with Crippen LogP contribution >= 0.6 is 0 Å². The number of fused-ring (bicyclic) bond motifs is 1. The van der Waals surface area contributed by atoms with Crippen molar-refractivity contribution in [3.63, 3.8) is 0 Å². The minimum Gasteiger partial charge on any atom is -0.462 e. The van der Waals surface area contributed by atoms with Crippen molar-refractivity contribution in [1.82, 2.24) is 4.98 Å². The molecule has 0 atom stereocenters. The minimum atomic E-state index is -0.601. The maximum Gasteiger partial charge on any atom is 0.355 e. The SMILES string of the molecule is CCCOC(=O)c1ccc2[nH]c(C(=O)OCC)c(C=O)c2c1. The average Bonchev–Trinajstić information content (AvgIpc) is 2.90. The zero-order chi connectivity index (χ0) is 16.1. The van der Waals surface area contributed by atoms with Gasteiger partial charge in [0.05, 0.1) is 24.3 Å². The van der Waals surface area contributed by atoms with Crippen LogP contribution in [-0.4, -0.2) is 36.4 Å². The molecule has 0 unspecified atom stereocenters. The van der Waals surface area contributed by atoms with Crippen LogP contribution in [0.25, 0.3) is 10.9 Å². The standard InChI is InChI=1S/C16H17NO5/c1-3-7-22-15(19)10-5-6-13-11(8-10)12(9-18)14(17-13)16(20)21-4-2/h5-6,8-9,17H,3-4,7H2,1-2H3. The normalized spacial score (nSPS) is 10.5. The van der Waals surface area contributed by atoms with E-state index in [2.05, 4.69) is 4.98 Å². The Morgan fingerprint density at radius 1 is 1.18 bits per heavy atom. The number of esters is 2. The summed E-state index contributed by atoms with van der Waals surface area (Å²) in [6.45, 7) is 4.13. The van der Waals surface area contributed by atoms with Gasteiger partial charge in [-0.25, -0.2) is 9.59 Å². The molecular weight excluding hydrogens is 286 g/mol. The average molecular weight is 303 g/mol. The van der Waals surface area contributed by atoms with E-state index in [9.17, 15) is 14.4 Å². The van der Waals surface area contributed by atoms with Gasteiger partial charge < -0.3 is 14.5 Å². The number of hydrogen-bond acceptors (Lipinski definition) is 5. The summed E-state index contributed by atoms with van der Waals surface area (Å²) in [4.78, 5) is 37.9. The summed E-state index contributed by atoms with van der Waals surface area (Å²) in [5.74, 6) is -1.06. The summed E-state index contributed by atoms with van der Waals surface area (Å²) in [6.07, 6.45) is 1.30. The van der Waals surface area contributed by atoms with E-state index in [1.807, 2.05) is 6.92 Å². The molecule has 0 aliphatic rings. The Labute approximate surface area is 127 Å². The molecule has 6 heteroatoms. The molecule has 6 nitrogen and oxygen atoms in total. The van der Waals surface area contributed by atoms with Gasteiger partial charge in [0.25, 0.3) is 0 Å². The van der Waals surface area contributed by atoms with E-state index in [-0.39, 0.29) is 17.9 Å². The molecule has 0 saturated heterocycles. The number of benzene rings is 1. The monoisotopic (exact) mass is 303 g/mol. The molecule has 22 heavy (non-hydrogen) atoms. The van der Waals surface area contributed by atoms with Gasteiger partial charge >= 0.3 is 11.9 Å². The van der Waals surface area contributed by atoms with Gasteiger partial charge in [-0.1, -0.05) is 6.92 Å². The molecule has 1 aromatic heterocycles. The first-order chi connectivity index (χ1) is 10.6. The molecule has 0 saturated carbocycles. The number of ether oxygens (including phenoxy) is 2. The smallest absolute Gasteiger partial charge is 0.355 e. The maximum absolute atomic E-state index is 11.9. The van der Waals surface area contributed by atoms with Crippen LogP contribution < -0.4 is 0 Å². The van der Waals surface area contributed by atoms with Gasteiger partial charge in [0.1, 0.15) is 5.69 Å². The number of carbonyl (C=O) groups is 3. The van der Waals surface area contributed by atoms with Crippen LogP contribution in [-0.2, 0) is 9.47 Å². The fourth-order valence-corrected chi connectivity index (χ4v) is 2.10. The van der Waals surface area contributed by atoms with E-state index in [4.69, 9.17) is 9.47 Å². The number of nitrogens with one attached hydrogen (secondary N) is 1. The van der Waals surface area contributed by atoms with Gasteiger partial charge in [0, 0.05) is 10.9 Å². The lowest BCUT2D eigenvalue weighted by molar-refractivity contribution is 0.0501. The highest BCUT2D eigenvalue weighted by atomic mass is 16.5. The third-order valence-corrected chi connectivity index (χ3v) is 3.11. The Morgan fingerprint density at radius 2 is 1.95 bits per heavy atom. The van der Waals surface area contributed by atoms with Crippen LogP contribution in [0, 0.1) is 0 Å². The number of carbonyl (C=O) groups excluding carboxylic acids is 3. The number of hydrogen-bond donors (Lipinski definition) is 1. The molecule has 0 aliphatic carbocycles. The number of aromatic amines is 1. The van der Waals surface area contributed by atoms with Crippen LogP contribution in [0.5, 0.6) is 0 Å². The molecule has 0 fully saturated rings. The Morgan fingerprint density at radius 3 is 2.59 bits per heavy atom. The first kappa shape index (κ1) is 15.8. The summed E-state index contributed by atoms with van der Waals surface area (Å²) in [6, 6.07) is 4.75. The van der Waals surface area contributed by atoms with E-state index in [1.54, 1.807) is 19.1 Å². The second kappa shape index (κ2) is 6.89. The van der Waals surface area contributed by atoms with Gasteiger partial charge in [0.15, 0.2) is 6.29 Å². The number of aromatic nitrogens is 1. The topological polar surface area (TPSA) is 85.5 Å². The molecular formula is C16H17NO5. The van der Waals surface area contributed by atoms with Crippen LogP contribution in [0.1, 0.15) is 51.5 Å². The van der Waals surface area contributed by atoms with Crippen LogP contribution in [0.2, 0.25) is 0 Å². The summed E-state index contributed by atoms with van der Waals surface area (Å²) in [5, 5.41) is 0.490. The molecule has 0 bridgehead atoms. The third kappa shape index (κ3) is 3.00. The molecule has 0 aliphatic heterocycles. The Hall–Kier alpha value is -2.63. The highest BCUT2D eigenvalue weighted by molar-refractivity contribution is 6.09. The lowest BCUT2D eigenvalue weighted by atomic mass is 10.1. The van der Waals surface area contributed by atoms with Crippen LogP contribution in [0.15, 0.2) is 18.2 Å². The summed E-state index contributed by atoms with van der Waals surface area (Å²) < 4.78 is 9.97. The zero-order valence-electron chi connectivity index (χ0n) is 12.5. The third-order valence-electron chi connectivity index (χ3n) is 3.11. The van der Waals surface area contributed by atoms with Crippen LogP contribution in [0.4, 0.5) is 0 Å². The lowest BCUT2D eigenvalue weighted by Gasteiger charge is -2.03. The fourth-order valence-electron chi connectivity index (χ4n) is 2.10. The highest BCUT2D eigenvalue weighted by Crippen LogP contribution is 2.23. The number of H-pyrrole nitrogens is 1. The second-order valence-electron chi connectivity index (χ2n) is 4.65. The molecule has 116 valence electrons. The molecule has 2 rings (SSSR count). The summed E-state index contributed by atoms with van der Waals surface area (Å²) >= 11 is 0. The summed E-state index contributed by atoms with van der Waals surface area (Å²) in [5.41, 5.74) is 1.18. The zero-order valence-corrected chi connectivity index (χ0v) is 12.5. The first-order valence-electron chi connectivity index (χ1n) is 7.07. The molecule has 1 N–H and O–H groups in total. The van der Waals surface area contributed by atoms with E-state index >= 15 is 0 Å². The van der Waals surface area contributed by atoms with E-state index in [1.165, 1.54) is 6.07 Å². The predicted octanol–water partition coefficient (Wildman–Crippen LogP) is 2.72. The Balaban J connectivity index is 2.45. The van der Waals surface area contributed by atoms with Gasteiger partial charge in [-0.15, -0.1) is 0 Å². The summed E-state index contributed by atoms with van der Waals surface area (Å²) in [7, 11) is 0. The van der Waals surface area contributed by atoms with Crippen molar-refractivity contribution in [2.24, 2.45) is 0 Å². The first-order valence-corrected chi connectivity index (χ1v) is 7.07. The largest absolute Gasteiger partial charge is 0.462 e. The van der Waals surface area contributed by atoms with E-state index in [0.717, 1.165) is 6.42 Å². The van der Waals surface area contributed by atoms with Gasteiger partial charge in [-0.2, -0.15) is 0 Å². The quantitative estimate of drug-likeness (QED) is 0.655. The van der Waals surface area contributed by atoms with Crippen LogP contribution in [0.3, 0.4) is 0 Å². The highest BCUT2D eigenvalue weighted by Gasteiger charge is 2.19. The number of aldehydes is 1. The Kier molecular flexibility index (Phi) is 4.93. The molecule has 0 spiro atoms. The molecule has 2 aromatic rings. The van der Waals surface area contributed by atoms with E-state index < -0.39 is 11.9 Å². The maximum atomic E-state index is 11.9. The van der Waals surface area contributed by atoms with Gasteiger partial charge in [-0.05, 0) is 31.5 Å². The van der Waals surface area contributed by atoms with Gasteiger partial charge in [-0.3, -0.25) is 4.79 Å². The molecule has 0 radical (unpaired) electrons. The van der Waals surface area contributed by atoms with Gasteiger partial charge in [0.2, 0.25) is 0 Å². The fraction of sp³-hybridized carbons (Fsp3) is 0.312. The minimum absolute atomic E-state index is 0.0888. The van der Waals surface area contributed by atoms with Crippen molar-refractivity contribution in [1.29, 1.82) is 0 Å². The van der Waals surface area contributed by atoms with Crippen molar-refractivity contribution in [3.8, 4) is 0 Å². The van der Waals surface area contributed by atoms with Crippen molar-refractivity contribution < 1.29 is 23.9 Å². The second-order valence-corrected chi connectivity index (χ2v) is 4.65. The predicted molar refractivity (Wildman–Crippen MR) is 80.2 cm³/mol. The Bertz CT molecular complexity index is 717. The van der Waals surface area contributed by atoms with Crippen molar-refractivity contribution in [2.75, 3.05) is 13.2 Å². The lowest BCUT2D eigenvalue weighted by Crippen LogP contribution is -2.07. The van der Waals surface area contributed by atoms with Crippen molar-refractivity contribution in [2.45, 2.75) is 20.3 Å². The van der Waals surface area contributed by atoms with E-state index in [0.29, 0.717) is 29.4 Å². The molecule has 1 heterocycles.